The third-order valence-electron chi connectivity index (χ3n) is 6.43. The third-order valence-corrected chi connectivity index (χ3v) is 7.99. The topological polar surface area (TPSA) is 129 Å². The maximum Gasteiger partial charge on any atom is 0.489 e. The molecule has 4 aromatic rings. The minimum Gasteiger partial charge on any atom is -0.455 e. The first-order valence-electron chi connectivity index (χ1n) is 11.8. The van der Waals surface area contributed by atoms with Gasteiger partial charge < -0.3 is 19.8 Å². The van der Waals surface area contributed by atoms with Gasteiger partial charge in [-0.05, 0) is 78.4 Å². The van der Waals surface area contributed by atoms with E-state index in [4.69, 9.17) is 16.0 Å². The van der Waals surface area contributed by atoms with Crippen molar-refractivity contribution in [2.45, 2.75) is 24.5 Å². The fourth-order valence-electron chi connectivity index (χ4n) is 4.48. The van der Waals surface area contributed by atoms with Gasteiger partial charge in [0.25, 0.3) is 5.91 Å². The Bertz CT molecular complexity index is 1650. The molecule has 4 N–H and O–H groups in total. The van der Waals surface area contributed by atoms with Gasteiger partial charge in [0, 0.05) is 34.2 Å². The Morgan fingerprint density at radius 3 is 2.45 bits per heavy atom. The molecule has 196 valence electrons. The lowest BCUT2D eigenvalue weighted by Gasteiger charge is -2.13. The molecule has 8 nitrogen and oxygen atoms in total. The van der Waals surface area contributed by atoms with Crippen LogP contribution >= 0.6 is 11.6 Å². The number of hydrogen-bond donors (Lipinski definition) is 4. The van der Waals surface area contributed by atoms with Crippen LogP contribution in [0.3, 0.4) is 0 Å². The number of hydrogen-bond acceptors (Lipinski definition) is 6. The van der Waals surface area contributed by atoms with E-state index in [1.54, 1.807) is 6.07 Å². The highest BCUT2D eigenvalue weighted by Crippen LogP contribution is 2.45. The summed E-state index contributed by atoms with van der Waals surface area (Å²) in [6.07, 6.45) is 1.79. The van der Waals surface area contributed by atoms with Gasteiger partial charge in [-0.3, -0.25) is 9.52 Å². The van der Waals surface area contributed by atoms with Crippen molar-refractivity contribution in [2.75, 3.05) is 11.8 Å². The second-order valence-corrected chi connectivity index (χ2v) is 11.3. The van der Waals surface area contributed by atoms with Gasteiger partial charge in [0.2, 0.25) is 10.0 Å². The van der Waals surface area contributed by atoms with Gasteiger partial charge in [0.05, 0.1) is 11.3 Å². The molecule has 12 heteroatoms. The normalized spacial score (nSPS) is 13.5. The van der Waals surface area contributed by atoms with Crippen LogP contribution in [0.25, 0.3) is 22.3 Å². The number of fused-ring (bicyclic) bond motifs is 1. The van der Waals surface area contributed by atoms with E-state index in [9.17, 15) is 27.7 Å². The minimum absolute atomic E-state index is 0.00549. The van der Waals surface area contributed by atoms with Gasteiger partial charge in [-0.1, -0.05) is 17.7 Å². The average molecular weight is 557 g/mol. The third kappa shape index (κ3) is 5.28. The summed E-state index contributed by atoms with van der Waals surface area (Å²) in [6, 6.07) is 13.0. The molecule has 1 aromatic heterocycles. The van der Waals surface area contributed by atoms with E-state index in [-0.39, 0.29) is 39.5 Å². The number of halogens is 2. The second-order valence-electron chi connectivity index (χ2n) is 9.18. The molecule has 38 heavy (non-hydrogen) atoms. The molecule has 1 saturated carbocycles. The summed E-state index contributed by atoms with van der Waals surface area (Å²) in [6.45, 7) is 0. The Labute approximate surface area is 223 Å². The Morgan fingerprint density at radius 1 is 1.13 bits per heavy atom. The summed E-state index contributed by atoms with van der Waals surface area (Å²) < 4.78 is 48.3. The Morgan fingerprint density at radius 2 is 1.84 bits per heavy atom. The monoisotopic (exact) mass is 556 g/mol. The van der Waals surface area contributed by atoms with Crippen molar-refractivity contribution >= 4 is 56.8 Å². The number of carbonyl (C=O) groups is 1. The summed E-state index contributed by atoms with van der Waals surface area (Å²) >= 11 is 6.05. The van der Waals surface area contributed by atoms with Crippen LogP contribution in [0.5, 0.6) is 0 Å². The van der Waals surface area contributed by atoms with Crippen molar-refractivity contribution in [3.8, 4) is 11.3 Å². The van der Waals surface area contributed by atoms with Crippen molar-refractivity contribution in [2.24, 2.45) is 0 Å². The van der Waals surface area contributed by atoms with Gasteiger partial charge >= 0.3 is 7.12 Å². The van der Waals surface area contributed by atoms with E-state index < -0.39 is 23.0 Å². The minimum atomic E-state index is -3.91. The molecule has 0 bridgehead atoms. The maximum atomic E-state index is 13.5. The molecule has 5 rings (SSSR count). The van der Waals surface area contributed by atoms with Crippen LogP contribution in [0.4, 0.5) is 10.1 Å². The molecular formula is C26H23BClFN2O6S. The van der Waals surface area contributed by atoms with Crippen molar-refractivity contribution in [1.29, 1.82) is 0 Å². The highest BCUT2D eigenvalue weighted by atomic mass is 35.5. The Balaban J connectivity index is 1.55. The van der Waals surface area contributed by atoms with Crippen LogP contribution < -0.4 is 15.5 Å². The van der Waals surface area contributed by atoms with Crippen LogP contribution in [0.1, 0.15) is 40.2 Å². The number of furan rings is 1. The molecule has 1 aliphatic rings. The van der Waals surface area contributed by atoms with E-state index in [1.165, 1.54) is 49.5 Å². The zero-order valence-corrected chi connectivity index (χ0v) is 21.7. The predicted octanol–water partition coefficient (Wildman–Crippen LogP) is 3.75. The lowest BCUT2D eigenvalue weighted by atomic mass is 9.80. The molecule has 0 saturated heterocycles. The Hall–Kier alpha value is -3.38. The fourth-order valence-corrected chi connectivity index (χ4v) is 5.97. The highest BCUT2D eigenvalue weighted by Gasteiger charge is 2.31. The second kappa shape index (κ2) is 10.1. The number of carbonyl (C=O) groups excluding carboxylic acids is 1. The summed E-state index contributed by atoms with van der Waals surface area (Å²) in [5, 5.41) is 21.8. The van der Waals surface area contributed by atoms with Crippen LogP contribution in [0.15, 0.2) is 59.0 Å². The van der Waals surface area contributed by atoms with Crippen molar-refractivity contribution in [1.82, 2.24) is 5.32 Å². The SMILES string of the molecule is CNC(=O)c1c(-c2ccc(F)cc2)oc2cc(CS(=O)(=O)Nc3ccc(B(O)O)c(Cl)c3)c(C3CC3)cc12. The summed E-state index contributed by atoms with van der Waals surface area (Å²) in [7, 11) is -4.19. The average Bonchev–Trinajstić information content (AvgIpc) is 3.63. The molecule has 1 amide bonds. The summed E-state index contributed by atoms with van der Waals surface area (Å²) in [5.74, 6) is -0.740. The first kappa shape index (κ1) is 26.2. The van der Waals surface area contributed by atoms with Crippen LogP contribution in [0.2, 0.25) is 5.02 Å². The zero-order chi connectivity index (χ0) is 27.2. The van der Waals surface area contributed by atoms with Crippen LogP contribution in [-0.4, -0.2) is 38.5 Å². The largest absolute Gasteiger partial charge is 0.489 e. The van der Waals surface area contributed by atoms with Gasteiger partial charge in [-0.25, -0.2) is 12.8 Å². The lowest BCUT2D eigenvalue weighted by molar-refractivity contribution is 0.0964. The predicted molar refractivity (Wildman–Crippen MR) is 144 cm³/mol. The van der Waals surface area contributed by atoms with E-state index >= 15 is 0 Å². The number of sulfonamides is 1. The number of rotatable bonds is 8. The van der Waals surface area contributed by atoms with E-state index in [0.29, 0.717) is 27.7 Å². The zero-order valence-electron chi connectivity index (χ0n) is 20.2. The molecule has 0 atom stereocenters. The number of amides is 1. The van der Waals surface area contributed by atoms with Gasteiger partial charge in [-0.2, -0.15) is 0 Å². The molecule has 1 aliphatic carbocycles. The van der Waals surface area contributed by atoms with Gasteiger partial charge in [-0.15, -0.1) is 0 Å². The highest BCUT2D eigenvalue weighted by molar-refractivity contribution is 7.91. The first-order chi connectivity index (χ1) is 18.1. The van der Waals surface area contributed by atoms with Crippen LogP contribution in [0, 0.1) is 5.82 Å². The van der Waals surface area contributed by atoms with Crippen molar-refractivity contribution in [3.63, 3.8) is 0 Å². The van der Waals surface area contributed by atoms with Crippen molar-refractivity contribution < 1.29 is 32.1 Å². The van der Waals surface area contributed by atoms with Crippen molar-refractivity contribution in [3.05, 3.63) is 82.1 Å². The summed E-state index contributed by atoms with van der Waals surface area (Å²) in [4.78, 5) is 12.9. The van der Waals surface area contributed by atoms with E-state index in [2.05, 4.69) is 10.0 Å². The smallest absolute Gasteiger partial charge is 0.455 e. The number of nitrogens with one attached hydrogen (secondary N) is 2. The standard InChI is InChI=1S/C26H23BClFN2O6S/c1-30-26(32)24-20-12-19(14-2-3-14)16(10-23(20)37-25(24)15-4-6-17(29)7-5-15)13-38(35,36)31-18-8-9-21(27(33)34)22(28)11-18/h4-12,14,31,33-34H,2-3,13H2,1H3,(H,30,32). The van der Waals surface area contributed by atoms with E-state index in [0.717, 1.165) is 18.4 Å². The quantitative estimate of drug-likeness (QED) is 0.245. The van der Waals surface area contributed by atoms with Gasteiger partial charge in [0.1, 0.15) is 17.2 Å². The molecule has 0 unspecified atom stereocenters. The molecule has 0 aliphatic heterocycles. The molecular weight excluding hydrogens is 534 g/mol. The number of benzene rings is 3. The molecule has 3 aromatic carbocycles. The lowest BCUT2D eigenvalue weighted by Crippen LogP contribution is -2.30. The Kier molecular flexibility index (Phi) is 6.95. The maximum absolute atomic E-state index is 13.5. The molecule has 0 spiro atoms. The number of anilines is 1. The molecule has 1 fully saturated rings. The van der Waals surface area contributed by atoms with Gasteiger partial charge in [0.15, 0.2) is 0 Å². The first-order valence-corrected chi connectivity index (χ1v) is 13.8. The molecule has 1 heterocycles. The molecule has 0 radical (unpaired) electrons. The fraction of sp³-hybridized carbons (Fsp3) is 0.192. The summed E-state index contributed by atoms with van der Waals surface area (Å²) in [5.41, 5.74) is 2.72. The van der Waals surface area contributed by atoms with E-state index in [1.807, 2.05) is 6.07 Å². The van der Waals surface area contributed by atoms with Crippen LogP contribution in [-0.2, 0) is 15.8 Å².